The average Bonchev–Trinajstić information content (AvgIpc) is 3.54. The van der Waals surface area contributed by atoms with Gasteiger partial charge in [-0.3, -0.25) is 4.79 Å². The monoisotopic (exact) mass is 475 g/mol. The summed E-state index contributed by atoms with van der Waals surface area (Å²) in [6.45, 7) is 1.05. The Balaban J connectivity index is 1.37. The fourth-order valence-corrected chi connectivity index (χ4v) is 5.27. The maximum atomic E-state index is 13.5. The van der Waals surface area contributed by atoms with Gasteiger partial charge in [0.2, 0.25) is 11.6 Å². The van der Waals surface area contributed by atoms with Crippen molar-refractivity contribution in [3.05, 3.63) is 117 Å². The quantitative estimate of drug-likeness (QED) is 0.316. The molecule has 0 fully saturated rings. The van der Waals surface area contributed by atoms with E-state index in [9.17, 15) is 10.0 Å². The van der Waals surface area contributed by atoms with Crippen molar-refractivity contribution in [3.8, 4) is 17.0 Å². The molecule has 1 atom stereocenters. The zero-order chi connectivity index (χ0) is 24.2. The van der Waals surface area contributed by atoms with Crippen LogP contribution in [0.3, 0.4) is 0 Å². The summed E-state index contributed by atoms with van der Waals surface area (Å²) in [7, 11) is 0. The number of hydrogen-bond donors (Lipinski definition) is 1. The summed E-state index contributed by atoms with van der Waals surface area (Å²) >= 11 is 0. The first-order chi connectivity index (χ1) is 17.7. The van der Waals surface area contributed by atoms with Gasteiger partial charge in [0, 0.05) is 47.4 Å². The minimum absolute atomic E-state index is 0.0182. The molecule has 2 aromatic carbocycles. The van der Waals surface area contributed by atoms with Gasteiger partial charge in [-0.25, -0.2) is 9.97 Å². The molecule has 8 heteroatoms. The molecular formula is C28H21N5O3. The van der Waals surface area contributed by atoms with Crippen molar-refractivity contribution in [1.82, 2.24) is 15.0 Å². The predicted molar refractivity (Wildman–Crippen MR) is 135 cm³/mol. The zero-order valence-corrected chi connectivity index (χ0v) is 19.2. The molecule has 3 aromatic heterocycles. The number of ether oxygens (including phenoxy) is 1. The summed E-state index contributed by atoms with van der Waals surface area (Å²) in [5.41, 5.74) is 5.68. The van der Waals surface area contributed by atoms with Gasteiger partial charge in [0.05, 0.1) is 30.5 Å². The maximum Gasteiger partial charge on any atom is 0.226 e. The molecule has 8 nitrogen and oxygen atoms in total. The molecule has 1 N–H and O–H groups in total. The molecule has 0 bridgehead atoms. The van der Waals surface area contributed by atoms with Gasteiger partial charge in [0.15, 0.2) is 11.6 Å². The summed E-state index contributed by atoms with van der Waals surface area (Å²) in [6.07, 6.45) is 5.61. The van der Waals surface area contributed by atoms with E-state index < -0.39 is 0 Å². The van der Waals surface area contributed by atoms with Gasteiger partial charge in [-0.05, 0) is 41.5 Å². The Hall–Kier alpha value is -4.72. The van der Waals surface area contributed by atoms with E-state index in [1.165, 1.54) is 6.20 Å². The lowest BCUT2D eigenvalue weighted by Gasteiger charge is -2.26. The van der Waals surface area contributed by atoms with Crippen LogP contribution in [-0.4, -0.2) is 21.6 Å². The number of para-hydroxylation sites is 1. The van der Waals surface area contributed by atoms with Crippen LogP contribution in [0, 0.1) is 5.21 Å². The highest BCUT2D eigenvalue weighted by Crippen LogP contribution is 2.41. The number of hydrogen-bond acceptors (Lipinski definition) is 6. The molecule has 176 valence electrons. The molecule has 1 unspecified atom stereocenters. The first-order valence-electron chi connectivity index (χ1n) is 11.8. The third kappa shape index (κ3) is 3.15. The molecular weight excluding hydrogens is 454 g/mol. The Kier molecular flexibility index (Phi) is 4.54. The Morgan fingerprint density at radius 2 is 1.89 bits per heavy atom. The fourth-order valence-electron chi connectivity index (χ4n) is 5.27. The molecule has 0 saturated carbocycles. The Labute approximate surface area is 206 Å². The van der Waals surface area contributed by atoms with Crippen molar-refractivity contribution in [2.45, 2.75) is 19.0 Å². The number of nitrogens with zero attached hydrogens (tertiary/aromatic N) is 4. The summed E-state index contributed by atoms with van der Waals surface area (Å²) in [4.78, 5) is 28.3. The van der Waals surface area contributed by atoms with E-state index >= 15 is 0 Å². The van der Waals surface area contributed by atoms with Gasteiger partial charge in [-0.1, -0.05) is 18.2 Å². The van der Waals surface area contributed by atoms with Gasteiger partial charge < -0.3 is 19.8 Å². The predicted octanol–water partition coefficient (Wildman–Crippen LogP) is 3.66. The molecule has 0 aliphatic carbocycles. The SMILES string of the molecule is O=c1c2c([nH]c3ccccc13)C(c1ccc3c(c1)CCO3)N(c1ncc(-c3cccc[n+]3[O-])cn1)C2. The smallest absolute Gasteiger partial charge is 0.226 e. The van der Waals surface area contributed by atoms with Crippen molar-refractivity contribution < 1.29 is 9.47 Å². The van der Waals surface area contributed by atoms with Crippen molar-refractivity contribution in [1.29, 1.82) is 0 Å². The Bertz CT molecular complexity index is 1700. The van der Waals surface area contributed by atoms with E-state index in [1.54, 1.807) is 30.6 Å². The van der Waals surface area contributed by atoms with Crippen LogP contribution in [0.2, 0.25) is 0 Å². The lowest BCUT2D eigenvalue weighted by molar-refractivity contribution is -0.593. The van der Waals surface area contributed by atoms with Crippen molar-refractivity contribution in [2.75, 3.05) is 11.5 Å². The number of aromatic amines is 1. The minimum atomic E-state index is -0.268. The molecule has 0 radical (unpaired) electrons. The Morgan fingerprint density at radius 1 is 1.06 bits per heavy atom. The number of fused-ring (bicyclic) bond motifs is 3. The van der Waals surface area contributed by atoms with Gasteiger partial charge >= 0.3 is 0 Å². The van der Waals surface area contributed by atoms with E-state index in [0.29, 0.717) is 41.3 Å². The van der Waals surface area contributed by atoms with E-state index in [-0.39, 0.29) is 11.5 Å². The number of aromatic nitrogens is 4. The van der Waals surface area contributed by atoms with Crippen LogP contribution in [0.5, 0.6) is 5.75 Å². The minimum Gasteiger partial charge on any atom is -0.618 e. The topological polar surface area (TPSA) is 98.1 Å². The molecule has 2 aliphatic rings. The largest absolute Gasteiger partial charge is 0.618 e. The van der Waals surface area contributed by atoms with Crippen molar-refractivity contribution in [3.63, 3.8) is 0 Å². The number of rotatable bonds is 3. The van der Waals surface area contributed by atoms with Gasteiger partial charge in [0.25, 0.3) is 0 Å². The van der Waals surface area contributed by atoms with Crippen LogP contribution in [0.15, 0.2) is 84.0 Å². The van der Waals surface area contributed by atoms with E-state index in [0.717, 1.165) is 39.2 Å². The van der Waals surface area contributed by atoms with Crippen LogP contribution in [0.25, 0.3) is 22.2 Å². The highest BCUT2D eigenvalue weighted by Gasteiger charge is 2.37. The van der Waals surface area contributed by atoms with Crippen LogP contribution < -0.4 is 19.8 Å². The lowest BCUT2D eigenvalue weighted by atomic mass is 9.98. The first-order valence-corrected chi connectivity index (χ1v) is 11.8. The molecule has 0 saturated heterocycles. The van der Waals surface area contributed by atoms with E-state index in [1.807, 2.05) is 41.3 Å². The first kappa shape index (κ1) is 20.6. The molecule has 0 amide bonds. The Morgan fingerprint density at radius 3 is 2.75 bits per heavy atom. The second-order valence-corrected chi connectivity index (χ2v) is 9.07. The fraction of sp³-hybridized carbons (Fsp3) is 0.143. The standard InChI is InChI=1S/C28H21N5O3/c34-27-20-5-1-2-6-22(20)31-25-21(27)16-32(26(25)18-8-9-24-17(13-18)10-12-36-24)28-29-14-19(15-30-28)23-7-3-4-11-33(23)35/h1-9,11,13-15,26H,10,12,16H2,(H,31,34). The third-order valence-electron chi connectivity index (χ3n) is 7.00. The lowest BCUT2D eigenvalue weighted by Crippen LogP contribution is -2.28. The maximum absolute atomic E-state index is 13.5. The molecule has 36 heavy (non-hydrogen) atoms. The van der Waals surface area contributed by atoms with Crippen molar-refractivity contribution in [2.24, 2.45) is 0 Å². The van der Waals surface area contributed by atoms with E-state index in [2.05, 4.69) is 21.0 Å². The second kappa shape index (κ2) is 7.91. The molecule has 0 spiro atoms. The van der Waals surface area contributed by atoms with Crippen LogP contribution >= 0.6 is 0 Å². The third-order valence-corrected chi connectivity index (χ3v) is 7.00. The highest BCUT2D eigenvalue weighted by atomic mass is 16.5. The average molecular weight is 476 g/mol. The second-order valence-electron chi connectivity index (χ2n) is 9.07. The highest BCUT2D eigenvalue weighted by molar-refractivity contribution is 5.80. The van der Waals surface area contributed by atoms with Crippen molar-refractivity contribution >= 4 is 16.9 Å². The summed E-state index contributed by atoms with van der Waals surface area (Å²) < 4.78 is 6.51. The summed E-state index contributed by atoms with van der Waals surface area (Å²) in [5, 5.41) is 12.9. The van der Waals surface area contributed by atoms with Crippen LogP contribution in [-0.2, 0) is 13.0 Å². The zero-order valence-electron chi connectivity index (χ0n) is 19.2. The summed E-state index contributed by atoms with van der Waals surface area (Å²) in [5.74, 6) is 1.40. The van der Waals surface area contributed by atoms with Gasteiger partial charge in [-0.2, -0.15) is 4.73 Å². The number of pyridine rings is 2. The number of nitrogens with one attached hydrogen (secondary N) is 1. The molecule has 7 rings (SSSR count). The normalized spacial score (nSPS) is 16.1. The van der Waals surface area contributed by atoms with E-state index in [4.69, 9.17) is 4.74 Å². The van der Waals surface area contributed by atoms with Gasteiger partial charge in [0.1, 0.15) is 5.75 Å². The van der Waals surface area contributed by atoms with Crippen LogP contribution in [0.4, 0.5) is 5.95 Å². The molecule has 2 aliphatic heterocycles. The number of benzene rings is 2. The number of H-pyrrole nitrogens is 1. The van der Waals surface area contributed by atoms with Crippen LogP contribution in [0.1, 0.15) is 28.4 Å². The number of anilines is 1. The van der Waals surface area contributed by atoms with Gasteiger partial charge in [-0.15, -0.1) is 0 Å². The molecule has 5 heterocycles. The summed E-state index contributed by atoms with van der Waals surface area (Å²) in [6, 6.07) is 18.7. The molecule has 5 aromatic rings.